The molecule has 0 spiro atoms. The minimum absolute atomic E-state index is 0.199. The molecule has 0 nitrogen and oxygen atoms in total. The van der Waals surface area contributed by atoms with Crippen molar-refractivity contribution >= 4 is 33.9 Å². The van der Waals surface area contributed by atoms with Gasteiger partial charge in [0.15, 0.2) is 0 Å². The fourth-order valence-electron chi connectivity index (χ4n) is 2.56. The first kappa shape index (κ1) is 13.4. The third kappa shape index (κ3) is 2.55. The van der Waals surface area contributed by atoms with Gasteiger partial charge in [-0.3, -0.25) is 0 Å². The molecule has 0 amide bonds. The number of rotatable bonds is 4. The molecule has 1 aliphatic carbocycles. The molecular formula is C15H19SSn. The molecule has 1 aromatic heterocycles. The van der Waals surface area contributed by atoms with Crippen molar-refractivity contribution in [2.24, 2.45) is 0 Å². The molecule has 0 unspecified atom stereocenters. The van der Waals surface area contributed by atoms with Crippen molar-refractivity contribution < 1.29 is 0 Å². The summed E-state index contributed by atoms with van der Waals surface area (Å²) in [4.78, 5) is 1.57. The van der Waals surface area contributed by atoms with Gasteiger partial charge < -0.3 is 0 Å². The summed E-state index contributed by atoms with van der Waals surface area (Å²) in [6.07, 6.45) is 8.28. The van der Waals surface area contributed by atoms with Crippen LogP contribution >= 0.6 is 11.3 Å². The van der Waals surface area contributed by atoms with Crippen LogP contribution in [0.25, 0.3) is 0 Å². The zero-order chi connectivity index (χ0) is 12.5. The summed E-state index contributed by atoms with van der Waals surface area (Å²) in [6, 6.07) is 2.31. The normalized spacial score (nSPS) is 16.0. The molecule has 0 bridgehead atoms. The van der Waals surface area contributed by atoms with E-state index in [1.807, 2.05) is 11.3 Å². The second-order valence-electron chi connectivity index (χ2n) is 5.15. The van der Waals surface area contributed by atoms with Gasteiger partial charge in [-0.1, -0.05) is 0 Å². The van der Waals surface area contributed by atoms with Crippen LogP contribution in [0.3, 0.4) is 0 Å². The van der Waals surface area contributed by atoms with Crippen LogP contribution in [-0.4, -0.2) is 22.5 Å². The van der Waals surface area contributed by atoms with Crippen molar-refractivity contribution in [1.29, 1.82) is 0 Å². The first-order valence-corrected chi connectivity index (χ1v) is 8.56. The van der Waals surface area contributed by atoms with Gasteiger partial charge >= 0.3 is 123 Å². The van der Waals surface area contributed by atoms with E-state index >= 15 is 0 Å². The maximum atomic E-state index is 2.38. The molecule has 0 aliphatic heterocycles. The van der Waals surface area contributed by atoms with Crippen molar-refractivity contribution in [3.05, 3.63) is 43.2 Å². The molecule has 0 N–H and O–H groups in total. The quantitative estimate of drug-likeness (QED) is 0.708. The monoisotopic (exact) mass is 351 g/mol. The Balaban J connectivity index is 2.40. The second-order valence-corrected chi connectivity index (χ2v) is 7.79. The molecule has 3 radical (unpaired) electrons. The Labute approximate surface area is 122 Å². The molecule has 0 fully saturated rings. The second kappa shape index (κ2) is 5.31. The van der Waals surface area contributed by atoms with E-state index < -0.39 is 0 Å². The van der Waals surface area contributed by atoms with Crippen LogP contribution in [0.4, 0.5) is 0 Å². The van der Waals surface area contributed by atoms with Crippen molar-refractivity contribution in [3.63, 3.8) is 0 Å². The molecule has 2 rings (SSSR count). The zero-order valence-corrected chi connectivity index (χ0v) is 14.5. The maximum absolute atomic E-state index is 2.38. The third-order valence-corrected chi connectivity index (χ3v) is 6.07. The predicted molar refractivity (Wildman–Crippen MR) is 77.9 cm³/mol. The summed E-state index contributed by atoms with van der Waals surface area (Å²) in [5.41, 5.74) is 3.32. The fourth-order valence-corrected chi connectivity index (χ4v) is 5.12. The molecular weight excluding hydrogens is 331 g/mol. The van der Waals surface area contributed by atoms with Gasteiger partial charge in [0, 0.05) is 0 Å². The Hall–Kier alpha value is -0.0213. The summed E-state index contributed by atoms with van der Waals surface area (Å²) < 4.78 is 1.62. The van der Waals surface area contributed by atoms with Crippen LogP contribution < -0.4 is 0 Å². The summed E-state index contributed by atoms with van der Waals surface area (Å²) >= 11 is 3.50. The third-order valence-electron chi connectivity index (χ3n) is 3.44. The molecule has 0 aromatic carbocycles. The topological polar surface area (TPSA) is 0 Å². The molecule has 1 aromatic rings. The van der Waals surface area contributed by atoms with Crippen LogP contribution in [-0.2, 0) is 11.8 Å². The zero-order valence-electron chi connectivity index (χ0n) is 10.8. The van der Waals surface area contributed by atoms with Gasteiger partial charge in [-0.05, 0) is 0 Å². The average Bonchev–Trinajstić information content (AvgIpc) is 2.87. The van der Waals surface area contributed by atoms with Crippen molar-refractivity contribution in [2.45, 2.75) is 45.4 Å². The SMILES string of the molecule is CCCc1ccsc1C(C)(C)C1=[C]([Sn])CC=C1. The Morgan fingerprint density at radius 3 is 2.76 bits per heavy atom. The van der Waals surface area contributed by atoms with Crippen molar-refractivity contribution in [3.8, 4) is 0 Å². The molecule has 0 atom stereocenters. The number of allylic oxidation sites excluding steroid dienone is 4. The summed E-state index contributed by atoms with van der Waals surface area (Å²) in [7, 11) is 0. The van der Waals surface area contributed by atoms with Gasteiger partial charge in [-0.2, -0.15) is 0 Å². The van der Waals surface area contributed by atoms with Crippen molar-refractivity contribution in [2.75, 3.05) is 0 Å². The van der Waals surface area contributed by atoms with Crippen LogP contribution in [0.1, 0.15) is 44.1 Å². The van der Waals surface area contributed by atoms with Gasteiger partial charge in [0.2, 0.25) is 0 Å². The van der Waals surface area contributed by atoms with Gasteiger partial charge in [-0.15, -0.1) is 0 Å². The number of hydrogen-bond acceptors (Lipinski definition) is 1. The molecule has 1 aliphatic rings. The minimum atomic E-state index is 0.199. The van der Waals surface area contributed by atoms with Gasteiger partial charge in [-0.25, -0.2) is 0 Å². The van der Waals surface area contributed by atoms with Crippen LogP contribution in [0.2, 0.25) is 0 Å². The van der Waals surface area contributed by atoms with Crippen molar-refractivity contribution in [1.82, 2.24) is 0 Å². The van der Waals surface area contributed by atoms with E-state index in [4.69, 9.17) is 0 Å². The van der Waals surface area contributed by atoms with Gasteiger partial charge in [0.05, 0.1) is 0 Å². The summed E-state index contributed by atoms with van der Waals surface area (Å²) in [5, 5.41) is 2.25. The Bertz CT molecular complexity index is 463. The van der Waals surface area contributed by atoms with E-state index in [-0.39, 0.29) is 5.41 Å². The Morgan fingerprint density at radius 2 is 2.18 bits per heavy atom. The van der Waals surface area contributed by atoms with E-state index in [1.165, 1.54) is 19.3 Å². The van der Waals surface area contributed by atoms with E-state index in [0.29, 0.717) is 0 Å². The van der Waals surface area contributed by atoms with Crippen LogP contribution in [0.5, 0.6) is 0 Å². The van der Waals surface area contributed by atoms with Gasteiger partial charge in [0.25, 0.3) is 0 Å². The average molecular weight is 350 g/mol. The first-order valence-electron chi connectivity index (χ1n) is 6.26. The molecule has 17 heavy (non-hydrogen) atoms. The van der Waals surface area contributed by atoms with E-state index in [1.54, 1.807) is 42.1 Å². The molecule has 89 valence electrons. The number of aryl methyl sites for hydroxylation is 1. The van der Waals surface area contributed by atoms with E-state index in [9.17, 15) is 0 Å². The number of hydrogen-bond donors (Lipinski definition) is 0. The Kier molecular flexibility index (Phi) is 4.19. The fraction of sp³-hybridized carbons (Fsp3) is 0.467. The summed E-state index contributed by atoms with van der Waals surface area (Å²) in [5.74, 6) is 0. The molecule has 0 saturated carbocycles. The first-order chi connectivity index (χ1) is 8.07. The molecule has 0 saturated heterocycles. The number of thiophene rings is 1. The van der Waals surface area contributed by atoms with E-state index in [2.05, 4.69) is 44.4 Å². The van der Waals surface area contributed by atoms with E-state index in [0.717, 1.165) is 0 Å². The molecule has 1 heterocycles. The molecule has 2 heteroatoms. The van der Waals surface area contributed by atoms with Crippen LogP contribution in [0, 0.1) is 0 Å². The summed E-state index contributed by atoms with van der Waals surface area (Å²) in [6.45, 7) is 7.03. The predicted octanol–water partition coefficient (Wildman–Crippen LogP) is 4.36. The Morgan fingerprint density at radius 1 is 1.41 bits per heavy atom. The van der Waals surface area contributed by atoms with Gasteiger partial charge in [0.1, 0.15) is 0 Å². The van der Waals surface area contributed by atoms with Crippen LogP contribution in [0.15, 0.2) is 32.8 Å². The standard InChI is InChI=1S/C15H19S.Sn/c1-4-7-12-10-11-16-14(12)15(2,3)13-8-5-6-9-13;/h5,8,10-11H,4,6-7H2,1-3H3;.